The molecule has 1 nitrogen and oxygen atoms in total. The van der Waals surface area contributed by atoms with E-state index in [1.54, 1.807) is 60.7 Å². The number of fused-ring (bicyclic) bond motifs is 7. The average Bonchev–Trinajstić information content (AvgIpc) is 1.47. The third kappa shape index (κ3) is 13.2. The summed E-state index contributed by atoms with van der Waals surface area (Å²) >= 11 is 0. The third-order valence-electron chi connectivity index (χ3n) is 17.5. The fraction of sp³-hybridized carbons (Fsp3) is 0.211. The highest BCUT2D eigenvalue weighted by Gasteiger charge is 2.44. The largest absolute Gasteiger partial charge is 0.416 e. The summed E-state index contributed by atoms with van der Waals surface area (Å²) in [6.45, 7) is 0.443. The smallest absolute Gasteiger partial charge is 0.316 e. The van der Waals surface area contributed by atoms with Crippen LogP contribution in [0, 0.1) is 0 Å². The molecule has 1 spiro atoms. The maximum Gasteiger partial charge on any atom is 0.416 e. The second-order valence-electron chi connectivity index (χ2n) is 23.9. The number of benzene rings is 10. The van der Waals surface area contributed by atoms with Gasteiger partial charge in [-0.1, -0.05) is 48.5 Å². The Morgan fingerprint density at radius 3 is 0.688 bits per heavy atom. The molecular formula is C71H42F24N+. The minimum absolute atomic E-state index is 0.0199. The van der Waals surface area contributed by atoms with E-state index in [2.05, 4.69) is 0 Å². The zero-order valence-electron chi connectivity index (χ0n) is 48.6. The molecule has 0 unspecified atom stereocenters. The van der Waals surface area contributed by atoms with Crippen molar-refractivity contribution < 1.29 is 110 Å². The lowest BCUT2D eigenvalue weighted by molar-refractivity contribution is -0.957. The quantitative estimate of drug-likeness (QED) is 0.115. The molecule has 498 valence electrons. The zero-order chi connectivity index (χ0) is 69.4. The van der Waals surface area contributed by atoms with Crippen molar-refractivity contribution in [2.75, 3.05) is 13.1 Å². The van der Waals surface area contributed by atoms with E-state index in [0.29, 0.717) is 112 Å². The van der Waals surface area contributed by atoms with Crippen molar-refractivity contribution in [1.82, 2.24) is 0 Å². The number of alkyl halides is 24. The Morgan fingerprint density at radius 1 is 0.229 bits per heavy atom. The monoisotopic (exact) mass is 1360 g/mol. The molecule has 0 aromatic heterocycles. The maximum absolute atomic E-state index is 14.6. The van der Waals surface area contributed by atoms with Gasteiger partial charge < -0.3 is 4.48 Å². The number of hydrogen-bond acceptors (Lipinski definition) is 0. The predicted molar refractivity (Wildman–Crippen MR) is 311 cm³/mol. The van der Waals surface area contributed by atoms with Crippen LogP contribution in [0.4, 0.5) is 105 Å². The van der Waals surface area contributed by atoms with Gasteiger partial charge in [0.15, 0.2) is 0 Å². The molecule has 1 saturated heterocycles. The molecule has 10 aromatic carbocycles. The Bertz CT molecular complexity index is 4130. The molecule has 2 aliphatic heterocycles. The van der Waals surface area contributed by atoms with Gasteiger partial charge in [0.25, 0.3) is 0 Å². The first-order valence-electron chi connectivity index (χ1n) is 29.0. The molecule has 0 amide bonds. The van der Waals surface area contributed by atoms with E-state index >= 15 is 0 Å². The zero-order valence-corrected chi connectivity index (χ0v) is 48.6. The first-order chi connectivity index (χ1) is 44.5. The van der Waals surface area contributed by atoms with Crippen LogP contribution in [0.15, 0.2) is 170 Å². The summed E-state index contributed by atoms with van der Waals surface area (Å²) in [7, 11) is 0. The summed E-state index contributed by atoms with van der Waals surface area (Å²) in [5.41, 5.74) is -18.9. The van der Waals surface area contributed by atoms with Crippen molar-refractivity contribution in [3.63, 3.8) is 0 Å². The summed E-state index contributed by atoms with van der Waals surface area (Å²) in [5.74, 6) is 0. The molecule has 2 heterocycles. The van der Waals surface area contributed by atoms with Crippen LogP contribution in [-0.4, -0.2) is 17.6 Å². The highest BCUT2D eigenvalue weighted by atomic mass is 19.4. The minimum Gasteiger partial charge on any atom is -0.316 e. The molecule has 10 aromatic rings. The van der Waals surface area contributed by atoms with Crippen molar-refractivity contribution in [3.8, 4) is 77.9 Å². The molecule has 25 heteroatoms. The Kier molecular flexibility index (Phi) is 16.1. The number of quaternary nitrogens is 1. The predicted octanol–water partition coefficient (Wildman–Crippen LogP) is 24.8. The van der Waals surface area contributed by atoms with Gasteiger partial charge in [0, 0.05) is 22.3 Å². The highest BCUT2D eigenvalue weighted by Crippen LogP contribution is 2.54. The first-order valence-corrected chi connectivity index (χ1v) is 29.0. The van der Waals surface area contributed by atoms with E-state index < -0.39 is 138 Å². The Labute approximate surface area is 528 Å². The second-order valence-corrected chi connectivity index (χ2v) is 23.9. The van der Waals surface area contributed by atoms with Crippen LogP contribution in [0.5, 0.6) is 0 Å². The number of halogens is 24. The summed E-state index contributed by atoms with van der Waals surface area (Å²) in [6, 6.07) is 24.1. The second kappa shape index (κ2) is 23.1. The van der Waals surface area contributed by atoms with E-state index in [1.807, 2.05) is 0 Å². The summed E-state index contributed by atoms with van der Waals surface area (Å²) < 4.78 is 352. The number of rotatable bonds is 6. The average molecular weight is 1370 g/mol. The SMILES string of the molecule is FC(F)(F)c1cc(-c2cc(-c3cc(C(F)(F)F)cc(C(F)(F)F)c3)cc(-c3cc4ccccc4c4c3C[N+]3(CCCCC3)Cc3c(-c5cc(-c6cc(C(F)(F)F)cc(C(F)(F)F)c6)cc(-c6cc(C(F)(F)F)cc(C(F)(F)F)c6)c5)cc5ccccc5c3-4)c2)cc(C(F)(F)F)c1. The van der Waals surface area contributed by atoms with Crippen LogP contribution < -0.4 is 0 Å². The Hall–Kier alpha value is -9.00. The van der Waals surface area contributed by atoms with Crippen LogP contribution >= 0.6 is 0 Å². The summed E-state index contributed by atoms with van der Waals surface area (Å²) in [5, 5.41) is 1.47. The highest BCUT2D eigenvalue weighted by molar-refractivity contribution is 6.12. The topological polar surface area (TPSA) is 0 Å². The molecule has 0 atom stereocenters. The van der Waals surface area contributed by atoms with Gasteiger partial charge in [-0.3, -0.25) is 0 Å². The Morgan fingerprint density at radius 2 is 0.448 bits per heavy atom. The van der Waals surface area contributed by atoms with Gasteiger partial charge in [0.05, 0.1) is 57.6 Å². The lowest BCUT2D eigenvalue weighted by Gasteiger charge is -2.42. The lowest BCUT2D eigenvalue weighted by atomic mass is 9.81. The molecule has 0 N–H and O–H groups in total. The van der Waals surface area contributed by atoms with E-state index in [1.165, 1.54) is 0 Å². The van der Waals surface area contributed by atoms with Crippen LogP contribution in [-0.2, 0) is 62.5 Å². The molecule has 0 aliphatic carbocycles. The molecule has 0 radical (unpaired) electrons. The minimum atomic E-state index is -5.46. The van der Waals surface area contributed by atoms with Gasteiger partial charge in [-0.25, -0.2) is 0 Å². The van der Waals surface area contributed by atoms with Crippen LogP contribution in [0.2, 0.25) is 0 Å². The van der Waals surface area contributed by atoms with Gasteiger partial charge in [-0.15, -0.1) is 0 Å². The van der Waals surface area contributed by atoms with Crippen molar-refractivity contribution in [2.24, 2.45) is 0 Å². The van der Waals surface area contributed by atoms with Gasteiger partial charge >= 0.3 is 49.4 Å². The molecule has 1 fully saturated rings. The van der Waals surface area contributed by atoms with Gasteiger partial charge in [-0.05, 0) is 229 Å². The van der Waals surface area contributed by atoms with E-state index in [0.717, 1.165) is 36.4 Å². The van der Waals surface area contributed by atoms with E-state index in [-0.39, 0.29) is 77.2 Å². The van der Waals surface area contributed by atoms with Gasteiger partial charge in [0.2, 0.25) is 0 Å². The van der Waals surface area contributed by atoms with Crippen molar-refractivity contribution >= 4 is 21.5 Å². The standard InChI is InChI=1S/C71H42F24N/c72-64(73,74)48-20-42(21-49(30-48)65(75,76)77)38-14-39(43-22-50(66(78,79)80)31-51(23-43)67(81,82)83)17-46(16-38)58-28-36-8-2-4-10-56(36)62-60(58)34-96(12-6-1-7-13-96)35-61-59(29-37-9-3-5-11-57(37)63(61)62)47-18-40(44-24-52(68(84,85)86)32-53(25-44)69(87,88)89)15-41(19-47)45-26-54(70(90,91)92)33-55(27-45)71(93,94)95/h2-5,8-11,14-33H,1,6-7,12-13,34-35H2/q+1. The third-order valence-corrected chi connectivity index (χ3v) is 17.5. The molecule has 2 aliphatic rings. The molecular weight excluding hydrogens is 1320 g/mol. The number of hydrogen-bond donors (Lipinski definition) is 0. The first kappa shape index (κ1) is 67.0. The lowest BCUT2D eigenvalue weighted by Crippen LogP contribution is -2.49. The van der Waals surface area contributed by atoms with Crippen LogP contribution in [0.1, 0.15) is 74.9 Å². The van der Waals surface area contributed by atoms with Gasteiger partial charge in [-0.2, -0.15) is 105 Å². The number of nitrogens with zero attached hydrogens (tertiary/aromatic N) is 1. The van der Waals surface area contributed by atoms with Crippen molar-refractivity contribution in [1.29, 1.82) is 0 Å². The van der Waals surface area contributed by atoms with Crippen molar-refractivity contribution in [3.05, 3.63) is 225 Å². The number of piperidine rings is 1. The normalized spacial score (nSPS) is 15.1. The van der Waals surface area contributed by atoms with Crippen molar-refractivity contribution in [2.45, 2.75) is 81.8 Å². The van der Waals surface area contributed by atoms with Gasteiger partial charge in [0.1, 0.15) is 13.1 Å². The summed E-state index contributed by atoms with van der Waals surface area (Å²) in [6.07, 6.45) is -42.0. The maximum atomic E-state index is 14.6. The molecule has 12 rings (SSSR count). The Balaban J connectivity index is 1.22. The van der Waals surface area contributed by atoms with Crippen LogP contribution in [0.25, 0.3) is 99.4 Å². The molecule has 0 saturated carbocycles. The van der Waals surface area contributed by atoms with E-state index in [4.69, 9.17) is 0 Å². The molecule has 0 bridgehead atoms. The van der Waals surface area contributed by atoms with Crippen LogP contribution in [0.3, 0.4) is 0 Å². The fourth-order valence-electron chi connectivity index (χ4n) is 13.1. The van der Waals surface area contributed by atoms with E-state index in [9.17, 15) is 105 Å². The fourth-order valence-corrected chi connectivity index (χ4v) is 13.1. The summed E-state index contributed by atoms with van der Waals surface area (Å²) in [4.78, 5) is 0. The molecule has 96 heavy (non-hydrogen) atoms.